The summed E-state index contributed by atoms with van der Waals surface area (Å²) in [6.45, 7) is 4.14. The lowest BCUT2D eigenvalue weighted by atomic mass is 9.98. The minimum atomic E-state index is -0.328. The Hall–Kier alpha value is -1.91. The molecule has 0 aliphatic carbocycles. The zero-order chi connectivity index (χ0) is 15.7. The number of rotatable bonds is 2. The third-order valence-electron chi connectivity index (χ3n) is 4.58. The van der Waals surface area contributed by atoms with Gasteiger partial charge in [0, 0.05) is 31.7 Å². The van der Waals surface area contributed by atoms with Crippen LogP contribution in [-0.4, -0.2) is 36.3 Å². The van der Waals surface area contributed by atoms with Gasteiger partial charge in [0.2, 0.25) is 11.8 Å². The summed E-state index contributed by atoms with van der Waals surface area (Å²) in [5.41, 5.74) is 0.661. The monoisotopic (exact) mass is 304 g/mol. The third-order valence-corrected chi connectivity index (χ3v) is 4.58. The van der Waals surface area contributed by atoms with Crippen molar-refractivity contribution in [1.29, 1.82) is 0 Å². The minimum Gasteiger partial charge on any atom is -0.342 e. The molecule has 2 aliphatic heterocycles. The van der Waals surface area contributed by atoms with Gasteiger partial charge in [0.05, 0.1) is 5.92 Å². The maximum Gasteiger partial charge on any atom is 0.228 e. The summed E-state index contributed by atoms with van der Waals surface area (Å²) in [5.74, 6) is -0.0456. The number of hydrogen-bond acceptors (Lipinski definition) is 2. The number of carbonyl (C=O) groups excluding carboxylic acids is 2. The molecule has 3 rings (SSSR count). The molecule has 0 radical (unpaired) electrons. The van der Waals surface area contributed by atoms with Gasteiger partial charge in [0.1, 0.15) is 5.82 Å². The van der Waals surface area contributed by atoms with E-state index in [9.17, 15) is 14.0 Å². The molecule has 0 spiro atoms. The maximum absolute atomic E-state index is 13.0. The van der Waals surface area contributed by atoms with Gasteiger partial charge in [-0.1, -0.05) is 6.92 Å². The number of halogens is 1. The molecular weight excluding hydrogens is 283 g/mol. The van der Waals surface area contributed by atoms with Gasteiger partial charge in [-0.15, -0.1) is 0 Å². The number of piperidine rings is 1. The Labute approximate surface area is 129 Å². The summed E-state index contributed by atoms with van der Waals surface area (Å²) < 4.78 is 13.0. The average molecular weight is 304 g/mol. The van der Waals surface area contributed by atoms with E-state index in [-0.39, 0.29) is 30.0 Å². The van der Waals surface area contributed by atoms with Gasteiger partial charge < -0.3 is 9.80 Å². The maximum atomic E-state index is 13.0. The molecule has 1 aromatic rings. The van der Waals surface area contributed by atoms with Crippen LogP contribution in [0.15, 0.2) is 24.3 Å². The molecule has 0 aromatic heterocycles. The highest BCUT2D eigenvalue weighted by Gasteiger charge is 2.37. The van der Waals surface area contributed by atoms with Crippen LogP contribution in [0.25, 0.3) is 0 Å². The van der Waals surface area contributed by atoms with Gasteiger partial charge >= 0.3 is 0 Å². The highest BCUT2D eigenvalue weighted by molar-refractivity contribution is 6.00. The van der Waals surface area contributed by atoms with Crippen molar-refractivity contribution < 1.29 is 14.0 Å². The summed E-state index contributed by atoms with van der Waals surface area (Å²) in [4.78, 5) is 28.3. The molecule has 2 aliphatic rings. The summed E-state index contributed by atoms with van der Waals surface area (Å²) in [7, 11) is 0. The molecule has 0 bridgehead atoms. The van der Waals surface area contributed by atoms with E-state index in [4.69, 9.17) is 0 Å². The van der Waals surface area contributed by atoms with Crippen LogP contribution in [-0.2, 0) is 9.59 Å². The first-order chi connectivity index (χ1) is 10.5. The van der Waals surface area contributed by atoms with E-state index in [0.717, 1.165) is 25.9 Å². The highest BCUT2D eigenvalue weighted by Crippen LogP contribution is 2.28. The zero-order valence-corrected chi connectivity index (χ0v) is 12.8. The molecule has 5 heteroatoms. The third kappa shape index (κ3) is 2.98. The Kier molecular flexibility index (Phi) is 4.14. The fourth-order valence-corrected chi connectivity index (χ4v) is 3.39. The normalized spacial score (nSPS) is 25.6. The Morgan fingerprint density at radius 2 is 1.95 bits per heavy atom. The number of anilines is 1. The number of likely N-dealkylation sites (tertiary alicyclic amines) is 1. The van der Waals surface area contributed by atoms with Crippen LogP contribution in [0.5, 0.6) is 0 Å². The molecule has 118 valence electrons. The molecule has 4 nitrogen and oxygen atoms in total. The van der Waals surface area contributed by atoms with Crippen LogP contribution in [0, 0.1) is 17.7 Å². The number of benzene rings is 1. The predicted octanol–water partition coefficient (Wildman–Crippen LogP) is 2.44. The molecule has 2 atom stereocenters. The molecule has 0 N–H and O–H groups in total. The van der Waals surface area contributed by atoms with Crippen LogP contribution in [0.1, 0.15) is 26.2 Å². The predicted molar refractivity (Wildman–Crippen MR) is 81.8 cm³/mol. The first kappa shape index (κ1) is 15.0. The van der Waals surface area contributed by atoms with E-state index in [0.29, 0.717) is 18.2 Å². The van der Waals surface area contributed by atoms with Gasteiger partial charge in [-0.05, 0) is 43.0 Å². The Balaban J connectivity index is 1.68. The van der Waals surface area contributed by atoms with E-state index in [1.807, 2.05) is 4.90 Å². The lowest BCUT2D eigenvalue weighted by molar-refractivity contribution is -0.137. The highest BCUT2D eigenvalue weighted by atomic mass is 19.1. The van der Waals surface area contributed by atoms with Crippen molar-refractivity contribution in [3.05, 3.63) is 30.1 Å². The average Bonchev–Trinajstić information content (AvgIpc) is 2.89. The lowest BCUT2D eigenvalue weighted by Gasteiger charge is -2.32. The molecule has 0 unspecified atom stereocenters. The second-order valence-corrected chi connectivity index (χ2v) is 6.41. The van der Waals surface area contributed by atoms with E-state index >= 15 is 0 Å². The Morgan fingerprint density at radius 1 is 1.23 bits per heavy atom. The van der Waals surface area contributed by atoms with Crippen molar-refractivity contribution in [2.75, 3.05) is 24.5 Å². The fraction of sp³-hybridized carbons (Fsp3) is 0.529. The van der Waals surface area contributed by atoms with E-state index in [1.54, 1.807) is 17.0 Å². The van der Waals surface area contributed by atoms with Gasteiger partial charge in [-0.3, -0.25) is 9.59 Å². The van der Waals surface area contributed by atoms with Crippen LogP contribution >= 0.6 is 0 Å². The molecular formula is C17H21FN2O2. The molecule has 2 heterocycles. The Bertz CT molecular complexity index is 573. The molecule has 2 fully saturated rings. The van der Waals surface area contributed by atoms with Crippen LogP contribution in [0.4, 0.5) is 10.1 Å². The van der Waals surface area contributed by atoms with Crippen molar-refractivity contribution >= 4 is 17.5 Å². The number of amides is 2. The van der Waals surface area contributed by atoms with Crippen molar-refractivity contribution in [3.63, 3.8) is 0 Å². The lowest BCUT2D eigenvalue weighted by Crippen LogP contribution is -2.43. The van der Waals surface area contributed by atoms with Gasteiger partial charge in [0.15, 0.2) is 0 Å². The Morgan fingerprint density at radius 3 is 2.64 bits per heavy atom. The fourth-order valence-electron chi connectivity index (χ4n) is 3.39. The van der Waals surface area contributed by atoms with Crippen molar-refractivity contribution in [1.82, 2.24) is 4.90 Å². The first-order valence-electron chi connectivity index (χ1n) is 7.89. The standard InChI is InChI=1S/C17H21FN2O2/c1-12-3-2-8-19(10-12)17(22)13-9-16(21)20(11-13)15-6-4-14(18)5-7-15/h4-7,12-13H,2-3,8-11H2,1H3/t12-,13+/m1/s1. The summed E-state index contributed by atoms with van der Waals surface area (Å²) >= 11 is 0. The molecule has 2 amide bonds. The molecule has 1 aromatic carbocycles. The van der Waals surface area contributed by atoms with Crippen LogP contribution < -0.4 is 4.90 Å². The van der Waals surface area contributed by atoms with E-state index in [2.05, 4.69) is 6.92 Å². The van der Waals surface area contributed by atoms with Crippen molar-refractivity contribution in [2.24, 2.45) is 11.8 Å². The van der Waals surface area contributed by atoms with Gasteiger partial charge in [-0.25, -0.2) is 4.39 Å². The van der Waals surface area contributed by atoms with Gasteiger partial charge in [-0.2, -0.15) is 0 Å². The molecule has 2 saturated heterocycles. The quantitative estimate of drug-likeness (QED) is 0.842. The second kappa shape index (κ2) is 6.07. The first-order valence-corrected chi connectivity index (χ1v) is 7.89. The molecule has 0 saturated carbocycles. The largest absolute Gasteiger partial charge is 0.342 e. The summed E-state index contributed by atoms with van der Waals surface area (Å²) in [5, 5.41) is 0. The smallest absolute Gasteiger partial charge is 0.228 e. The zero-order valence-electron chi connectivity index (χ0n) is 12.8. The second-order valence-electron chi connectivity index (χ2n) is 6.41. The number of carbonyl (C=O) groups is 2. The van der Waals surface area contributed by atoms with Crippen LogP contribution in [0.3, 0.4) is 0 Å². The number of hydrogen-bond donors (Lipinski definition) is 0. The van der Waals surface area contributed by atoms with E-state index < -0.39 is 0 Å². The summed E-state index contributed by atoms with van der Waals surface area (Å²) in [6, 6.07) is 5.85. The van der Waals surface area contributed by atoms with Crippen molar-refractivity contribution in [3.8, 4) is 0 Å². The number of nitrogens with zero attached hydrogens (tertiary/aromatic N) is 2. The van der Waals surface area contributed by atoms with Gasteiger partial charge in [0.25, 0.3) is 0 Å². The van der Waals surface area contributed by atoms with Crippen molar-refractivity contribution in [2.45, 2.75) is 26.2 Å². The SMILES string of the molecule is C[C@@H]1CCCN(C(=O)[C@H]2CC(=O)N(c3ccc(F)cc3)C2)C1. The van der Waals surface area contributed by atoms with Crippen LogP contribution in [0.2, 0.25) is 0 Å². The summed E-state index contributed by atoms with van der Waals surface area (Å²) in [6.07, 6.45) is 2.45. The van der Waals surface area contributed by atoms with E-state index in [1.165, 1.54) is 12.1 Å². The molecule has 22 heavy (non-hydrogen) atoms. The topological polar surface area (TPSA) is 40.6 Å². The minimum absolute atomic E-state index is 0.0602.